The second kappa shape index (κ2) is 12.0. The zero-order valence-corrected chi connectivity index (χ0v) is 23.4. The number of nitrogens with zero attached hydrogens (tertiary/aromatic N) is 5. The molecule has 0 spiro atoms. The summed E-state index contributed by atoms with van der Waals surface area (Å²) >= 11 is 0. The summed E-state index contributed by atoms with van der Waals surface area (Å²) in [4.78, 5) is 35.8. The Balaban J connectivity index is 1.17. The zero-order chi connectivity index (χ0) is 29.8. The van der Waals surface area contributed by atoms with Crippen molar-refractivity contribution in [1.82, 2.24) is 19.7 Å². The fourth-order valence-electron chi connectivity index (χ4n) is 4.92. The molecular formula is C33H28N6O4. The van der Waals surface area contributed by atoms with E-state index in [-0.39, 0.29) is 18.3 Å². The fourth-order valence-corrected chi connectivity index (χ4v) is 4.92. The Bertz CT molecular complexity index is 1870. The molecule has 3 heterocycles. The Hall–Kier alpha value is -5.69. The van der Waals surface area contributed by atoms with Gasteiger partial charge in [0.05, 0.1) is 17.8 Å². The molecule has 214 valence electrons. The van der Waals surface area contributed by atoms with Crippen molar-refractivity contribution in [3.8, 4) is 23.3 Å². The van der Waals surface area contributed by atoms with Gasteiger partial charge in [-0.1, -0.05) is 48.2 Å². The van der Waals surface area contributed by atoms with Crippen LogP contribution >= 0.6 is 0 Å². The predicted molar refractivity (Wildman–Crippen MR) is 161 cm³/mol. The topological polar surface area (TPSA) is 125 Å². The van der Waals surface area contributed by atoms with E-state index in [9.17, 15) is 9.59 Å². The fraction of sp³-hybridized carbons (Fsp3) is 0.182. The summed E-state index contributed by atoms with van der Waals surface area (Å²) < 4.78 is 13.5. The third-order valence-corrected chi connectivity index (χ3v) is 7.08. The molecule has 1 aliphatic heterocycles. The number of nitrogens with two attached hydrogens (primary N) is 1. The van der Waals surface area contributed by atoms with Crippen LogP contribution in [0.5, 0.6) is 11.5 Å². The van der Waals surface area contributed by atoms with Crippen LogP contribution in [-0.2, 0) is 11.2 Å². The third-order valence-electron chi connectivity index (χ3n) is 7.08. The molecule has 10 nitrogen and oxygen atoms in total. The summed E-state index contributed by atoms with van der Waals surface area (Å²) in [6.45, 7) is 0.428. The maximum atomic E-state index is 13.7. The SMILES string of the molecule is CN1C(=O)[C@@H](n2nc(C(N)=O)nc2Cc2ccccc2)COc2ccc(C#CCCOc3cccc4ncccc34)cc21. The van der Waals surface area contributed by atoms with Crippen LogP contribution in [-0.4, -0.2) is 51.8 Å². The molecule has 2 N–H and O–H groups in total. The average Bonchev–Trinajstić information content (AvgIpc) is 3.40. The minimum atomic E-state index is -0.854. The van der Waals surface area contributed by atoms with E-state index in [1.54, 1.807) is 19.3 Å². The molecule has 0 saturated heterocycles. The van der Waals surface area contributed by atoms with E-state index >= 15 is 0 Å². The highest BCUT2D eigenvalue weighted by molar-refractivity contribution is 5.98. The molecule has 0 saturated carbocycles. The van der Waals surface area contributed by atoms with Gasteiger partial charge in [-0.05, 0) is 48.0 Å². The molecule has 2 amide bonds. The summed E-state index contributed by atoms with van der Waals surface area (Å²) in [5, 5.41) is 5.26. The van der Waals surface area contributed by atoms with E-state index in [1.807, 2.05) is 72.8 Å². The lowest BCUT2D eigenvalue weighted by atomic mass is 10.1. The molecule has 0 unspecified atom stereocenters. The first-order valence-corrected chi connectivity index (χ1v) is 13.8. The van der Waals surface area contributed by atoms with Crippen LogP contribution in [0.3, 0.4) is 0 Å². The van der Waals surface area contributed by atoms with E-state index < -0.39 is 11.9 Å². The van der Waals surface area contributed by atoms with E-state index in [4.69, 9.17) is 15.2 Å². The van der Waals surface area contributed by atoms with E-state index in [0.717, 1.165) is 27.8 Å². The highest BCUT2D eigenvalue weighted by atomic mass is 16.5. The molecule has 0 fully saturated rings. The average molecular weight is 573 g/mol. The maximum Gasteiger partial charge on any atom is 0.288 e. The quantitative estimate of drug-likeness (QED) is 0.231. The van der Waals surface area contributed by atoms with Gasteiger partial charge in [-0.3, -0.25) is 14.6 Å². The van der Waals surface area contributed by atoms with Crippen LogP contribution in [0, 0.1) is 11.8 Å². The van der Waals surface area contributed by atoms with Crippen LogP contribution in [0.15, 0.2) is 85.1 Å². The predicted octanol–water partition coefficient (Wildman–Crippen LogP) is 3.93. The molecule has 0 aliphatic carbocycles. The summed E-state index contributed by atoms with van der Waals surface area (Å²) in [5.41, 5.74) is 8.63. The number of rotatable bonds is 7. The minimum Gasteiger partial charge on any atom is -0.492 e. The molecule has 1 atom stereocenters. The van der Waals surface area contributed by atoms with Gasteiger partial charge in [0.25, 0.3) is 11.8 Å². The Morgan fingerprint density at radius 3 is 2.79 bits per heavy atom. The molecule has 6 rings (SSSR count). The van der Waals surface area contributed by atoms with E-state index in [1.165, 1.54) is 9.58 Å². The number of fused-ring (bicyclic) bond motifs is 2. The highest BCUT2D eigenvalue weighted by Crippen LogP contribution is 2.34. The molecule has 3 aromatic carbocycles. The van der Waals surface area contributed by atoms with Gasteiger partial charge in [-0.15, -0.1) is 5.10 Å². The largest absolute Gasteiger partial charge is 0.492 e. The van der Waals surface area contributed by atoms with Crippen LogP contribution in [0.25, 0.3) is 10.9 Å². The first-order valence-electron chi connectivity index (χ1n) is 13.8. The van der Waals surface area contributed by atoms with Crippen molar-refractivity contribution in [1.29, 1.82) is 0 Å². The monoisotopic (exact) mass is 572 g/mol. The number of pyridine rings is 1. The van der Waals surface area contributed by atoms with Gasteiger partial charge in [0, 0.05) is 37.0 Å². The molecule has 5 aromatic rings. The van der Waals surface area contributed by atoms with E-state index in [2.05, 4.69) is 26.9 Å². The number of aromatic nitrogens is 4. The second-order valence-corrected chi connectivity index (χ2v) is 9.96. The molecule has 10 heteroatoms. The number of amides is 2. The molecule has 0 radical (unpaired) electrons. The number of carbonyl (C=O) groups is 2. The number of primary amides is 1. The van der Waals surface area contributed by atoms with Crippen molar-refractivity contribution in [3.05, 3.63) is 108 Å². The first kappa shape index (κ1) is 27.5. The number of carbonyl (C=O) groups excluding carboxylic acids is 2. The van der Waals surface area contributed by atoms with E-state index in [0.29, 0.717) is 36.7 Å². The van der Waals surface area contributed by atoms with Gasteiger partial charge < -0.3 is 20.1 Å². The number of hydrogen-bond acceptors (Lipinski definition) is 7. The van der Waals surface area contributed by atoms with Crippen LogP contribution < -0.4 is 20.1 Å². The number of benzene rings is 3. The smallest absolute Gasteiger partial charge is 0.288 e. The maximum absolute atomic E-state index is 13.7. The normalized spacial score (nSPS) is 14.3. The van der Waals surface area contributed by atoms with Gasteiger partial charge in [0.1, 0.15) is 23.9 Å². The van der Waals surface area contributed by atoms with Gasteiger partial charge in [-0.25, -0.2) is 9.67 Å². The Kier molecular flexibility index (Phi) is 7.70. The third kappa shape index (κ3) is 5.87. The molecule has 2 aromatic heterocycles. The lowest BCUT2D eigenvalue weighted by Crippen LogP contribution is -2.36. The molecule has 43 heavy (non-hydrogen) atoms. The standard InChI is InChI=1S/C33H28N6O4/c1-38-26-19-23(11-5-6-18-42-28-14-7-13-25-24(28)12-8-17-35-25)15-16-29(26)43-21-27(33(38)41)39-30(36-32(37-39)31(34)40)20-22-9-3-2-4-10-22/h2-4,7-10,12-17,19,27H,6,18,20-21H2,1H3,(H2,34,40)/t27-/m0/s1. The molecule has 1 aliphatic rings. The zero-order valence-electron chi connectivity index (χ0n) is 23.4. The van der Waals surface area contributed by atoms with Crippen molar-refractivity contribution in [2.45, 2.75) is 18.9 Å². The van der Waals surface area contributed by atoms with Crippen LogP contribution in [0.1, 0.15) is 40.0 Å². The lowest BCUT2D eigenvalue weighted by molar-refractivity contribution is -0.122. The summed E-state index contributed by atoms with van der Waals surface area (Å²) in [6.07, 6.45) is 2.63. The van der Waals surface area contributed by atoms with Crippen LogP contribution in [0.2, 0.25) is 0 Å². The number of likely N-dealkylation sites (N-methyl/N-ethyl adjacent to an activating group) is 1. The summed E-state index contributed by atoms with van der Waals surface area (Å²) in [7, 11) is 1.68. The van der Waals surface area contributed by atoms with Crippen molar-refractivity contribution in [2.75, 3.05) is 25.2 Å². The number of anilines is 1. The van der Waals surface area contributed by atoms with Crippen molar-refractivity contribution in [3.63, 3.8) is 0 Å². The lowest BCUT2D eigenvalue weighted by Gasteiger charge is -2.21. The number of ether oxygens (including phenoxy) is 2. The van der Waals surface area contributed by atoms with Crippen molar-refractivity contribution < 1.29 is 19.1 Å². The summed E-state index contributed by atoms with van der Waals surface area (Å²) in [6, 6.07) is 23.9. The van der Waals surface area contributed by atoms with Gasteiger partial charge in [0.15, 0.2) is 6.04 Å². The van der Waals surface area contributed by atoms with Crippen LogP contribution in [0.4, 0.5) is 5.69 Å². The van der Waals surface area contributed by atoms with Gasteiger partial charge >= 0.3 is 0 Å². The number of hydrogen-bond donors (Lipinski definition) is 1. The Labute approximate surface area is 248 Å². The van der Waals surface area contributed by atoms with Crippen molar-refractivity contribution in [2.24, 2.45) is 5.73 Å². The first-order chi connectivity index (χ1) is 21.0. The minimum absolute atomic E-state index is 0.00553. The van der Waals surface area contributed by atoms with Gasteiger partial charge in [-0.2, -0.15) is 0 Å². The molecule has 0 bridgehead atoms. The van der Waals surface area contributed by atoms with Crippen molar-refractivity contribution >= 4 is 28.4 Å². The summed E-state index contributed by atoms with van der Waals surface area (Å²) in [5.74, 6) is 6.86. The second-order valence-electron chi connectivity index (χ2n) is 9.96. The highest BCUT2D eigenvalue weighted by Gasteiger charge is 2.34. The molecular weight excluding hydrogens is 544 g/mol. The Morgan fingerprint density at radius 2 is 1.95 bits per heavy atom. The Morgan fingerprint density at radius 1 is 1.09 bits per heavy atom. The van der Waals surface area contributed by atoms with Gasteiger partial charge in [0.2, 0.25) is 5.82 Å².